The first-order chi connectivity index (χ1) is 9.78. The summed E-state index contributed by atoms with van der Waals surface area (Å²) in [6, 6.07) is 5.52. The minimum Gasteiger partial charge on any atom is -0.342 e. The normalized spacial score (nSPS) is 18.9. The molecule has 0 saturated carbocycles. The maximum Gasteiger partial charge on any atom is 0.264 e. The van der Waals surface area contributed by atoms with Crippen LogP contribution in [0.3, 0.4) is 0 Å². The summed E-state index contributed by atoms with van der Waals surface area (Å²) in [4.78, 5) is 4.48. The van der Waals surface area contributed by atoms with Crippen molar-refractivity contribution in [1.29, 1.82) is 0 Å². The largest absolute Gasteiger partial charge is 0.342 e. The fraction of sp³-hybridized carbons (Fsp3) is 0.500. The number of ether oxygens (including phenoxy) is 2. The molecule has 1 aliphatic heterocycles. The van der Waals surface area contributed by atoms with Crippen molar-refractivity contribution in [2.45, 2.75) is 19.6 Å². The van der Waals surface area contributed by atoms with Crippen molar-refractivity contribution in [3.05, 3.63) is 35.2 Å². The minimum absolute atomic E-state index is 0.00894. The van der Waals surface area contributed by atoms with Crippen LogP contribution in [0.5, 0.6) is 0 Å². The molecule has 7 heteroatoms. The van der Waals surface area contributed by atoms with Crippen molar-refractivity contribution < 1.29 is 22.1 Å². The third kappa shape index (κ3) is 4.60. The molecular formula is C14H19NO5S. The van der Waals surface area contributed by atoms with E-state index < -0.39 is 15.9 Å². The Kier molecular flexibility index (Phi) is 4.77. The first kappa shape index (κ1) is 16.1. The average Bonchev–Trinajstić information content (AvgIpc) is 2.84. The van der Waals surface area contributed by atoms with E-state index in [4.69, 9.17) is 13.7 Å². The van der Waals surface area contributed by atoms with Crippen LogP contribution < -0.4 is 0 Å². The Morgan fingerprint density at radius 2 is 2.10 bits per heavy atom. The Morgan fingerprint density at radius 1 is 1.43 bits per heavy atom. The van der Waals surface area contributed by atoms with Gasteiger partial charge >= 0.3 is 0 Å². The molecule has 6 nitrogen and oxygen atoms in total. The molecule has 0 amide bonds. The van der Waals surface area contributed by atoms with E-state index in [2.05, 4.69) is 4.98 Å². The van der Waals surface area contributed by atoms with Gasteiger partial charge in [-0.1, -0.05) is 6.07 Å². The second-order valence-electron chi connectivity index (χ2n) is 5.05. The van der Waals surface area contributed by atoms with Crippen molar-refractivity contribution in [2.24, 2.45) is 0 Å². The van der Waals surface area contributed by atoms with Crippen molar-refractivity contribution in [3.63, 3.8) is 0 Å². The molecule has 0 N–H and O–H groups in total. The molecule has 1 fully saturated rings. The van der Waals surface area contributed by atoms with Gasteiger partial charge in [-0.25, -0.2) is 4.98 Å². The Hall–Kier alpha value is -1.28. The van der Waals surface area contributed by atoms with Gasteiger partial charge in [-0.2, -0.15) is 8.42 Å². The summed E-state index contributed by atoms with van der Waals surface area (Å²) in [6.07, 6.45) is 2.79. The van der Waals surface area contributed by atoms with E-state index >= 15 is 0 Å². The van der Waals surface area contributed by atoms with Crippen LogP contribution in [0.25, 0.3) is 6.08 Å². The molecule has 0 bridgehead atoms. The molecule has 116 valence electrons. The van der Waals surface area contributed by atoms with Gasteiger partial charge in [-0.3, -0.25) is 4.18 Å². The Balaban J connectivity index is 2.14. The summed E-state index contributed by atoms with van der Waals surface area (Å²) >= 11 is 0. The third-order valence-corrected chi connectivity index (χ3v) is 3.52. The molecule has 21 heavy (non-hydrogen) atoms. The monoisotopic (exact) mass is 313 g/mol. The molecule has 0 aromatic carbocycles. The third-order valence-electron chi connectivity index (χ3n) is 2.97. The van der Waals surface area contributed by atoms with Crippen LogP contribution in [0.4, 0.5) is 0 Å². The summed E-state index contributed by atoms with van der Waals surface area (Å²) < 4.78 is 37.8. The van der Waals surface area contributed by atoms with Gasteiger partial charge in [0.05, 0.1) is 37.5 Å². The molecule has 0 atom stereocenters. The highest BCUT2D eigenvalue weighted by Gasteiger charge is 2.34. The van der Waals surface area contributed by atoms with Crippen LogP contribution in [-0.4, -0.2) is 39.5 Å². The van der Waals surface area contributed by atoms with E-state index in [0.717, 1.165) is 11.8 Å². The SMILES string of the molecule is C/C(=C\c1cccc(C2(C)OCCO2)n1)COS(C)(=O)=O. The molecule has 2 heterocycles. The predicted octanol–water partition coefficient (Wildman–Crippen LogP) is 1.68. The molecule has 1 aromatic heterocycles. The lowest BCUT2D eigenvalue weighted by molar-refractivity contribution is -0.152. The fourth-order valence-corrected chi connectivity index (χ4v) is 2.34. The first-order valence-corrected chi connectivity index (χ1v) is 8.37. The van der Waals surface area contributed by atoms with E-state index in [0.29, 0.717) is 24.6 Å². The zero-order chi connectivity index (χ0) is 15.5. The number of pyridine rings is 1. The molecule has 0 unspecified atom stereocenters. The molecule has 2 rings (SSSR count). The summed E-state index contributed by atoms with van der Waals surface area (Å²) in [5.41, 5.74) is 2.14. The Morgan fingerprint density at radius 3 is 2.71 bits per heavy atom. The minimum atomic E-state index is -3.44. The lowest BCUT2D eigenvalue weighted by atomic mass is 10.1. The quantitative estimate of drug-likeness (QED) is 0.770. The van der Waals surface area contributed by atoms with Crippen molar-refractivity contribution >= 4 is 16.2 Å². The zero-order valence-electron chi connectivity index (χ0n) is 12.3. The second-order valence-corrected chi connectivity index (χ2v) is 6.69. The standard InChI is InChI=1S/C14H19NO5S/c1-11(10-20-21(3,16)17)9-12-5-4-6-13(15-12)14(2)18-7-8-19-14/h4-6,9H,7-8,10H2,1-3H3/b11-9+. The number of rotatable bonds is 5. The number of aromatic nitrogens is 1. The molecule has 1 aromatic rings. The van der Waals surface area contributed by atoms with Gasteiger partial charge < -0.3 is 9.47 Å². The lowest BCUT2D eigenvalue weighted by Gasteiger charge is -2.21. The predicted molar refractivity (Wildman–Crippen MR) is 77.9 cm³/mol. The average molecular weight is 313 g/mol. The number of hydrogen-bond donors (Lipinski definition) is 0. The van der Waals surface area contributed by atoms with E-state index in [9.17, 15) is 8.42 Å². The van der Waals surface area contributed by atoms with Gasteiger partial charge in [0.15, 0.2) is 0 Å². The Bertz CT molecular complexity index is 633. The van der Waals surface area contributed by atoms with Crippen LogP contribution in [0.1, 0.15) is 25.2 Å². The maximum absolute atomic E-state index is 11.0. The zero-order valence-corrected chi connectivity index (χ0v) is 13.1. The van der Waals surface area contributed by atoms with Gasteiger partial charge in [-0.05, 0) is 37.6 Å². The van der Waals surface area contributed by atoms with Gasteiger partial charge in [0.25, 0.3) is 10.1 Å². The number of nitrogens with zero attached hydrogens (tertiary/aromatic N) is 1. The summed E-state index contributed by atoms with van der Waals surface area (Å²) in [5.74, 6) is -0.818. The van der Waals surface area contributed by atoms with Crippen molar-refractivity contribution in [2.75, 3.05) is 26.1 Å². The van der Waals surface area contributed by atoms with E-state index in [1.54, 1.807) is 13.0 Å². The van der Waals surface area contributed by atoms with E-state index in [1.807, 2.05) is 25.1 Å². The van der Waals surface area contributed by atoms with Crippen LogP contribution in [0, 0.1) is 0 Å². The fourth-order valence-electron chi connectivity index (χ4n) is 1.94. The van der Waals surface area contributed by atoms with Gasteiger partial charge in [0, 0.05) is 0 Å². The van der Waals surface area contributed by atoms with Crippen LogP contribution in [0.2, 0.25) is 0 Å². The van der Waals surface area contributed by atoms with Crippen LogP contribution in [-0.2, 0) is 29.6 Å². The summed E-state index contributed by atoms with van der Waals surface area (Å²) in [6.45, 7) is 4.70. The topological polar surface area (TPSA) is 74.7 Å². The molecule has 1 saturated heterocycles. The summed E-state index contributed by atoms with van der Waals surface area (Å²) in [7, 11) is -3.44. The van der Waals surface area contributed by atoms with Gasteiger partial charge in [-0.15, -0.1) is 0 Å². The highest BCUT2D eigenvalue weighted by atomic mass is 32.2. The second kappa shape index (κ2) is 6.23. The van der Waals surface area contributed by atoms with Gasteiger partial charge in [0.2, 0.25) is 5.79 Å². The number of hydrogen-bond acceptors (Lipinski definition) is 6. The first-order valence-electron chi connectivity index (χ1n) is 6.55. The molecule has 0 spiro atoms. The smallest absolute Gasteiger partial charge is 0.264 e. The highest BCUT2D eigenvalue weighted by molar-refractivity contribution is 7.85. The van der Waals surface area contributed by atoms with Crippen molar-refractivity contribution in [1.82, 2.24) is 4.98 Å². The van der Waals surface area contributed by atoms with Crippen LogP contribution in [0.15, 0.2) is 23.8 Å². The highest BCUT2D eigenvalue weighted by Crippen LogP contribution is 2.29. The molecular weight excluding hydrogens is 294 g/mol. The molecule has 0 radical (unpaired) electrons. The molecule has 0 aliphatic carbocycles. The Labute approximate surface area is 124 Å². The maximum atomic E-state index is 11.0. The summed E-state index contributed by atoms with van der Waals surface area (Å²) in [5, 5.41) is 0. The molecule has 1 aliphatic rings. The van der Waals surface area contributed by atoms with Crippen LogP contribution >= 0.6 is 0 Å². The van der Waals surface area contributed by atoms with E-state index in [1.165, 1.54) is 0 Å². The lowest BCUT2D eigenvalue weighted by Crippen LogP contribution is -2.24. The van der Waals surface area contributed by atoms with E-state index in [-0.39, 0.29) is 6.61 Å². The van der Waals surface area contributed by atoms with Crippen molar-refractivity contribution in [3.8, 4) is 0 Å². The van der Waals surface area contributed by atoms with Gasteiger partial charge in [0.1, 0.15) is 0 Å².